The fourth-order valence-corrected chi connectivity index (χ4v) is 4.37. The SMILES string of the molecule is O=C(NCC(F)(F)C(=O)N1CC(F)(F)CC1C(=O)O)OCC1c2ccccc2-c2ccccc21. The molecule has 2 N–H and O–H groups in total. The number of carboxylic acids is 1. The molecule has 4 rings (SSSR count). The molecule has 2 amide bonds. The molecule has 1 aliphatic carbocycles. The number of alkyl carbamates (subject to hydrolysis) is 1. The lowest BCUT2D eigenvalue weighted by Crippen LogP contribution is -2.53. The number of hydrogen-bond donors (Lipinski definition) is 2. The Balaban J connectivity index is 1.37. The number of halogens is 4. The summed E-state index contributed by atoms with van der Waals surface area (Å²) in [6.45, 7) is -3.13. The van der Waals surface area contributed by atoms with Crippen LogP contribution < -0.4 is 5.32 Å². The van der Waals surface area contributed by atoms with Crippen molar-refractivity contribution in [3.8, 4) is 11.1 Å². The molecule has 2 aromatic carbocycles. The maximum absolute atomic E-state index is 14.4. The number of fused-ring (bicyclic) bond motifs is 3. The van der Waals surface area contributed by atoms with Gasteiger partial charge in [0.2, 0.25) is 0 Å². The summed E-state index contributed by atoms with van der Waals surface area (Å²) in [5, 5.41) is 10.8. The molecule has 0 radical (unpaired) electrons. The van der Waals surface area contributed by atoms with Crippen LogP contribution >= 0.6 is 0 Å². The highest BCUT2D eigenvalue weighted by atomic mass is 19.3. The Hall–Kier alpha value is -3.63. The van der Waals surface area contributed by atoms with Crippen molar-refractivity contribution in [3.63, 3.8) is 0 Å². The number of nitrogens with one attached hydrogen (secondary N) is 1. The lowest BCUT2D eigenvalue weighted by Gasteiger charge is -2.26. The van der Waals surface area contributed by atoms with E-state index < -0.39 is 55.4 Å². The van der Waals surface area contributed by atoms with Gasteiger partial charge in [-0.25, -0.2) is 18.4 Å². The zero-order chi connectivity index (χ0) is 24.7. The quantitative estimate of drug-likeness (QED) is 0.618. The molecule has 0 aromatic heterocycles. The predicted octanol–water partition coefficient (Wildman–Crippen LogP) is 3.48. The van der Waals surface area contributed by atoms with Crippen molar-refractivity contribution in [2.24, 2.45) is 0 Å². The Morgan fingerprint density at radius 2 is 1.62 bits per heavy atom. The second-order valence-electron chi connectivity index (χ2n) is 8.23. The van der Waals surface area contributed by atoms with Crippen molar-refractivity contribution < 1.29 is 41.8 Å². The number of rotatable bonds is 6. The van der Waals surface area contributed by atoms with Crippen molar-refractivity contribution >= 4 is 18.0 Å². The number of ether oxygens (including phenoxy) is 1. The average molecular weight is 480 g/mol. The first-order valence-corrected chi connectivity index (χ1v) is 10.4. The largest absolute Gasteiger partial charge is 0.480 e. The minimum absolute atomic E-state index is 0.0677. The molecule has 1 unspecified atom stereocenters. The number of carbonyl (C=O) groups excluding carboxylic acids is 2. The predicted molar refractivity (Wildman–Crippen MR) is 111 cm³/mol. The van der Waals surface area contributed by atoms with Crippen LogP contribution in [0, 0.1) is 0 Å². The normalized spacial score (nSPS) is 18.8. The van der Waals surface area contributed by atoms with Gasteiger partial charge in [-0.1, -0.05) is 48.5 Å². The van der Waals surface area contributed by atoms with Crippen molar-refractivity contribution in [3.05, 3.63) is 59.7 Å². The fourth-order valence-electron chi connectivity index (χ4n) is 4.37. The van der Waals surface area contributed by atoms with Crippen LogP contribution in [0.4, 0.5) is 22.4 Å². The summed E-state index contributed by atoms with van der Waals surface area (Å²) in [5.74, 6) is -12.1. The van der Waals surface area contributed by atoms with Crippen LogP contribution in [0.5, 0.6) is 0 Å². The molecule has 180 valence electrons. The van der Waals surface area contributed by atoms with Crippen molar-refractivity contribution in [1.29, 1.82) is 0 Å². The molecule has 1 aliphatic heterocycles. The summed E-state index contributed by atoms with van der Waals surface area (Å²) in [6.07, 6.45) is -2.49. The number of amides is 2. The molecule has 2 aromatic rings. The molecule has 34 heavy (non-hydrogen) atoms. The zero-order valence-corrected chi connectivity index (χ0v) is 17.6. The van der Waals surface area contributed by atoms with E-state index in [4.69, 9.17) is 9.84 Å². The molecular weight excluding hydrogens is 460 g/mol. The lowest BCUT2D eigenvalue weighted by atomic mass is 9.98. The van der Waals surface area contributed by atoms with E-state index in [1.807, 2.05) is 48.5 Å². The van der Waals surface area contributed by atoms with E-state index in [9.17, 15) is 31.9 Å². The van der Waals surface area contributed by atoms with Crippen LogP contribution in [0.15, 0.2) is 48.5 Å². The van der Waals surface area contributed by atoms with E-state index in [2.05, 4.69) is 0 Å². The van der Waals surface area contributed by atoms with Crippen LogP contribution in [-0.4, -0.2) is 65.6 Å². The van der Waals surface area contributed by atoms with Gasteiger partial charge < -0.3 is 20.1 Å². The molecule has 2 aliphatic rings. The van der Waals surface area contributed by atoms with Crippen molar-refractivity contribution in [1.82, 2.24) is 10.2 Å². The van der Waals surface area contributed by atoms with Gasteiger partial charge in [0.25, 0.3) is 11.8 Å². The summed E-state index contributed by atoms with van der Waals surface area (Å²) < 4.78 is 60.9. The maximum Gasteiger partial charge on any atom is 0.407 e. The second kappa shape index (κ2) is 8.62. The number of benzene rings is 2. The van der Waals surface area contributed by atoms with E-state index >= 15 is 0 Å². The summed E-state index contributed by atoms with van der Waals surface area (Å²) >= 11 is 0. The first kappa shape index (κ1) is 23.5. The van der Waals surface area contributed by atoms with Gasteiger partial charge in [0, 0.05) is 12.3 Å². The van der Waals surface area contributed by atoms with Gasteiger partial charge in [-0.3, -0.25) is 4.79 Å². The Morgan fingerprint density at radius 3 is 2.18 bits per heavy atom. The summed E-state index contributed by atoms with van der Waals surface area (Å²) in [4.78, 5) is 35.2. The third-order valence-electron chi connectivity index (χ3n) is 5.93. The number of nitrogens with zero attached hydrogens (tertiary/aromatic N) is 1. The van der Waals surface area contributed by atoms with Crippen LogP contribution in [0.1, 0.15) is 23.5 Å². The van der Waals surface area contributed by atoms with Crippen LogP contribution in [0.25, 0.3) is 11.1 Å². The first-order valence-electron chi connectivity index (χ1n) is 10.4. The highest BCUT2D eigenvalue weighted by molar-refractivity contribution is 5.89. The number of likely N-dealkylation sites (tertiary alicyclic amines) is 1. The minimum Gasteiger partial charge on any atom is -0.480 e. The molecule has 0 saturated carbocycles. The van der Waals surface area contributed by atoms with E-state index in [0.29, 0.717) is 0 Å². The summed E-state index contributed by atoms with van der Waals surface area (Å²) in [6, 6.07) is 12.9. The van der Waals surface area contributed by atoms with Gasteiger partial charge >= 0.3 is 18.0 Å². The number of aliphatic carboxylic acids is 1. The molecule has 11 heteroatoms. The Kier molecular flexibility index (Phi) is 5.96. The number of hydrogen-bond acceptors (Lipinski definition) is 4. The molecule has 7 nitrogen and oxygen atoms in total. The summed E-state index contributed by atoms with van der Waals surface area (Å²) in [7, 11) is 0. The monoisotopic (exact) mass is 480 g/mol. The average Bonchev–Trinajstić information content (AvgIpc) is 3.30. The molecule has 0 spiro atoms. The zero-order valence-electron chi connectivity index (χ0n) is 17.6. The number of carboxylic acid groups (broad SMARTS) is 1. The standard InChI is InChI=1S/C23H20F4N2O5/c24-22(25)9-18(19(30)31)29(12-22)20(32)23(26,27)11-28-21(33)34-10-17-15-7-3-1-5-13(15)14-6-2-4-8-16(14)17/h1-8,17-18H,9-12H2,(H,28,33)(H,30,31). The van der Waals surface area contributed by atoms with Gasteiger partial charge in [-0.15, -0.1) is 0 Å². The van der Waals surface area contributed by atoms with Crippen molar-refractivity contribution in [2.75, 3.05) is 19.7 Å². The van der Waals surface area contributed by atoms with Gasteiger partial charge in [0.15, 0.2) is 0 Å². The molecule has 1 atom stereocenters. The van der Waals surface area contributed by atoms with E-state index in [1.54, 1.807) is 5.32 Å². The summed E-state index contributed by atoms with van der Waals surface area (Å²) in [5.41, 5.74) is 3.76. The highest BCUT2D eigenvalue weighted by Gasteiger charge is 2.55. The van der Waals surface area contributed by atoms with Gasteiger partial charge in [0.05, 0.1) is 13.1 Å². The third-order valence-corrected chi connectivity index (χ3v) is 5.93. The maximum atomic E-state index is 14.4. The Bertz CT molecular complexity index is 1090. The second-order valence-corrected chi connectivity index (χ2v) is 8.23. The molecule has 0 bridgehead atoms. The van der Waals surface area contributed by atoms with Crippen LogP contribution in [-0.2, 0) is 14.3 Å². The number of alkyl halides is 4. The van der Waals surface area contributed by atoms with E-state index in [0.717, 1.165) is 22.3 Å². The third kappa shape index (κ3) is 4.42. The van der Waals surface area contributed by atoms with Crippen molar-refractivity contribution in [2.45, 2.75) is 30.2 Å². The van der Waals surface area contributed by atoms with E-state index in [-0.39, 0.29) is 17.4 Å². The number of carbonyl (C=O) groups is 3. The minimum atomic E-state index is -4.31. The molecule has 1 fully saturated rings. The van der Waals surface area contributed by atoms with Crippen LogP contribution in [0.2, 0.25) is 0 Å². The lowest BCUT2D eigenvalue weighted by molar-refractivity contribution is -0.163. The fraction of sp³-hybridized carbons (Fsp3) is 0.348. The van der Waals surface area contributed by atoms with Gasteiger partial charge in [0.1, 0.15) is 12.6 Å². The topological polar surface area (TPSA) is 95.9 Å². The van der Waals surface area contributed by atoms with Crippen LogP contribution in [0.3, 0.4) is 0 Å². The Labute approximate surface area is 191 Å². The molecule has 1 heterocycles. The van der Waals surface area contributed by atoms with Gasteiger partial charge in [-0.05, 0) is 22.3 Å². The van der Waals surface area contributed by atoms with Gasteiger partial charge in [-0.2, -0.15) is 8.78 Å². The first-order chi connectivity index (χ1) is 16.0. The Morgan fingerprint density at radius 1 is 1.06 bits per heavy atom. The van der Waals surface area contributed by atoms with E-state index in [1.165, 1.54) is 0 Å². The highest BCUT2D eigenvalue weighted by Crippen LogP contribution is 2.44. The molecule has 1 saturated heterocycles. The molecular formula is C23H20F4N2O5. The smallest absolute Gasteiger partial charge is 0.407 e.